The Hall–Kier alpha value is -2.36. The van der Waals surface area contributed by atoms with E-state index in [9.17, 15) is 18.3 Å². The largest absolute Gasteiger partial charge is 0.497 e. The Morgan fingerprint density at radius 1 is 1.30 bits per heavy atom. The molecular weight excluding hydrogens is 374 g/mol. The second kappa shape index (κ2) is 8.55. The zero-order valence-electron chi connectivity index (χ0n) is 15.7. The lowest BCUT2D eigenvalue weighted by atomic mass is 10.1. The lowest BCUT2D eigenvalue weighted by Gasteiger charge is -2.20. The number of sulfonamides is 1. The van der Waals surface area contributed by atoms with Crippen molar-refractivity contribution in [1.82, 2.24) is 4.31 Å². The standard InChI is InChI=1S/C18H23NO7S/c1-5-25-18(21)14-8-16(26-11-14)9-19(3)27(22,23)17-12(2)6-15(24-4)7-13(17)10-20/h6-8,11,20H,5,9-10H2,1-4H3. The molecule has 0 saturated heterocycles. The second-order valence-corrected chi connectivity index (χ2v) is 7.86. The number of benzene rings is 1. The predicted octanol–water partition coefficient (Wildman–Crippen LogP) is 2.09. The van der Waals surface area contributed by atoms with Crippen molar-refractivity contribution >= 4 is 16.0 Å². The summed E-state index contributed by atoms with van der Waals surface area (Å²) in [6.45, 7) is 3.02. The number of rotatable bonds is 8. The molecule has 0 radical (unpaired) electrons. The van der Waals surface area contributed by atoms with Crippen molar-refractivity contribution in [2.45, 2.75) is 31.9 Å². The second-order valence-electron chi connectivity index (χ2n) is 5.87. The van der Waals surface area contributed by atoms with Crippen LogP contribution in [0.3, 0.4) is 0 Å². The minimum Gasteiger partial charge on any atom is -0.497 e. The van der Waals surface area contributed by atoms with E-state index in [-0.39, 0.29) is 29.2 Å². The average Bonchev–Trinajstić information content (AvgIpc) is 3.09. The van der Waals surface area contributed by atoms with Crippen molar-refractivity contribution in [2.75, 3.05) is 20.8 Å². The van der Waals surface area contributed by atoms with Crippen LogP contribution in [0.4, 0.5) is 0 Å². The minimum atomic E-state index is -3.92. The van der Waals surface area contributed by atoms with E-state index in [2.05, 4.69) is 0 Å². The summed E-state index contributed by atoms with van der Waals surface area (Å²) in [4.78, 5) is 11.7. The highest BCUT2D eigenvalue weighted by Gasteiger charge is 2.27. The van der Waals surface area contributed by atoms with Crippen molar-refractivity contribution < 1.29 is 32.2 Å². The lowest BCUT2D eigenvalue weighted by molar-refractivity contribution is 0.0525. The van der Waals surface area contributed by atoms with Crippen LogP contribution in [0.1, 0.15) is 34.2 Å². The summed E-state index contributed by atoms with van der Waals surface area (Å²) in [5.74, 6) is 0.218. The summed E-state index contributed by atoms with van der Waals surface area (Å²) in [5, 5.41) is 9.60. The third-order valence-electron chi connectivity index (χ3n) is 3.94. The minimum absolute atomic E-state index is 0.0190. The molecule has 27 heavy (non-hydrogen) atoms. The Kier molecular flexibility index (Phi) is 6.63. The van der Waals surface area contributed by atoms with Crippen molar-refractivity contribution in [2.24, 2.45) is 0 Å². The molecule has 1 heterocycles. The fourth-order valence-electron chi connectivity index (χ4n) is 2.66. The van der Waals surface area contributed by atoms with Crippen LogP contribution < -0.4 is 4.74 Å². The molecule has 0 bridgehead atoms. The molecule has 0 aliphatic carbocycles. The smallest absolute Gasteiger partial charge is 0.341 e. The van der Waals surface area contributed by atoms with Crippen molar-refractivity contribution in [1.29, 1.82) is 0 Å². The van der Waals surface area contributed by atoms with Gasteiger partial charge in [-0.3, -0.25) is 0 Å². The number of ether oxygens (including phenoxy) is 2. The SMILES string of the molecule is CCOC(=O)c1coc(CN(C)S(=O)(=O)c2c(C)cc(OC)cc2CO)c1. The molecule has 148 valence electrons. The zero-order chi connectivity index (χ0) is 20.2. The molecule has 0 unspecified atom stereocenters. The number of furan rings is 1. The van der Waals surface area contributed by atoms with Gasteiger partial charge in [0.15, 0.2) is 0 Å². The lowest BCUT2D eigenvalue weighted by Crippen LogP contribution is -2.28. The first kappa shape index (κ1) is 20.9. The molecule has 0 atom stereocenters. The van der Waals surface area contributed by atoms with Gasteiger partial charge in [-0.2, -0.15) is 4.31 Å². The highest BCUT2D eigenvalue weighted by Crippen LogP contribution is 2.29. The highest BCUT2D eigenvalue weighted by atomic mass is 32.2. The predicted molar refractivity (Wildman–Crippen MR) is 97.0 cm³/mol. The zero-order valence-corrected chi connectivity index (χ0v) is 16.5. The van der Waals surface area contributed by atoms with E-state index in [1.54, 1.807) is 19.9 Å². The number of aliphatic hydroxyl groups excluding tert-OH is 1. The van der Waals surface area contributed by atoms with Gasteiger partial charge in [-0.05, 0) is 37.6 Å². The van der Waals surface area contributed by atoms with E-state index in [0.29, 0.717) is 17.1 Å². The summed E-state index contributed by atoms with van der Waals surface area (Å²) in [5.41, 5.74) is 0.914. The van der Waals surface area contributed by atoms with E-state index in [0.717, 1.165) is 4.31 Å². The number of hydrogen-bond donors (Lipinski definition) is 1. The van der Waals surface area contributed by atoms with Gasteiger partial charge < -0.3 is 19.0 Å². The van der Waals surface area contributed by atoms with Crippen LogP contribution in [-0.4, -0.2) is 44.6 Å². The van der Waals surface area contributed by atoms with E-state index in [1.165, 1.54) is 32.6 Å². The first-order chi connectivity index (χ1) is 12.7. The van der Waals surface area contributed by atoms with Crippen molar-refractivity contribution in [3.63, 3.8) is 0 Å². The number of nitrogens with zero attached hydrogens (tertiary/aromatic N) is 1. The fraction of sp³-hybridized carbons (Fsp3) is 0.389. The molecule has 9 heteroatoms. The fourth-order valence-corrected chi connectivity index (χ4v) is 4.19. The molecule has 0 amide bonds. The molecule has 0 saturated carbocycles. The van der Waals surface area contributed by atoms with Gasteiger partial charge >= 0.3 is 5.97 Å². The van der Waals surface area contributed by atoms with Crippen LogP contribution in [0.15, 0.2) is 33.8 Å². The highest BCUT2D eigenvalue weighted by molar-refractivity contribution is 7.89. The summed E-state index contributed by atoms with van der Waals surface area (Å²) < 4.78 is 42.4. The molecule has 8 nitrogen and oxygen atoms in total. The summed E-state index contributed by atoms with van der Waals surface area (Å²) >= 11 is 0. The number of carbonyl (C=O) groups is 1. The van der Waals surface area contributed by atoms with Gasteiger partial charge in [-0.15, -0.1) is 0 Å². The third-order valence-corrected chi connectivity index (χ3v) is 5.99. The van der Waals surface area contributed by atoms with E-state index in [4.69, 9.17) is 13.9 Å². The Labute approximate surface area is 158 Å². The van der Waals surface area contributed by atoms with Crippen molar-refractivity contribution in [3.8, 4) is 5.75 Å². The van der Waals surface area contributed by atoms with Gasteiger partial charge in [0.1, 0.15) is 17.8 Å². The molecule has 0 spiro atoms. The maximum Gasteiger partial charge on any atom is 0.341 e. The number of methoxy groups -OCH3 is 1. The van der Waals surface area contributed by atoms with E-state index in [1.807, 2.05) is 0 Å². The van der Waals surface area contributed by atoms with Gasteiger partial charge in [0.05, 0.1) is 37.3 Å². The topological polar surface area (TPSA) is 106 Å². The maximum atomic E-state index is 13.0. The monoisotopic (exact) mass is 397 g/mol. The molecule has 1 aromatic carbocycles. The van der Waals surface area contributed by atoms with Crippen LogP contribution in [0, 0.1) is 6.92 Å². The van der Waals surface area contributed by atoms with Crippen LogP contribution >= 0.6 is 0 Å². The molecule has 2 rings (SSSR count). The number of hydrogen-bond acceptors (Lipinski definition) is 7. The number of esters is 1. The van der Waals surface area contributed by atoms with Gasteiger partial charge in [0.2, 0.25) is 10.0 Å². The van der Waals surface area contributed by atoms with Gasteiger partial charge in [-0.1, -0.05) is 0 Å². The van der Waals surface area contributed by atoms with Crippen LogP contribution in [0.2, 0.25) is 0 Å². The van der Waals surface area contributed by atoms with Crippen LogP contribution in [0.5, 0.6) is 5.75 Å². The Morgan fingerprint density at radius 3 is 2.59 bits per heavy atom. The quantitative estimate of drug-likeness (QED) is 0.680. The van der Waals surface area contributed by atoms with Gasteiger partial charge in [-0.25, -0.2) is 13.2 Å². The third kappa shape index (κ3) is 4.49. The molecule has 1 aromatic heterocycles. The summed E-state index contributed by atoms with van der Waals surface area (Å²) in [6.07, 6.45) is 1.23. The average molecular weight is 397 g/mol. The number of aryl methyl sites for hydroxylation is 1. The van der Waals surface area contributed by atoms with Crippen molar-refractivity contribution in [3.05, 3.63) is 46.9 Å². The molecule has 0 fully saturated rings. The molecular formula is C18H23NO7S. The van der Waals surface area contributed by atoms with E-state index >= 15 is 0 Å². The Bertz CT molecular complexity index is 918. The first-order valence-corrected chi connectivity index (χ1v) is 9.67. The first-order valence-electron chi connectivity index (χ1n) is 8.23. The number of aliphatic hydroxyl groups is 1. The Morgan fingerprint density at radius 2 is 2.00 bits per heavy atom. The normalized spacial score (nSPS) is 11.6. The van der Waals surface area contributed by atoms with Crippen LogP contribution in [0.25, 0.3) is 0 Å². The van der Waals surface area contributed by atoms with Gasteiger partial charge in [0, 0.05) is 12.6 Å². The van der Waals surface area contributed by atoms with E-state index < -0.39 is 22.6 Å². The summed E-state index contributed by atoms with van der Waals surface area (Å²) in [7, 11) is -1.05. The molecule has 2 aromatic rings. The maximum absolute atomic E-state index is 13.0. The summed E-state index contributed by atoms with van der Waals surface area (Å²) in [6, 6.07) is 4.52. The number of carbonyl (C=O) groups excluding carboxylic acids is 1. The van der Waals surface area contributed by atoms with Gasteiger partial charge in [0.25, 0.3) is 0 Å². The Balaban J connectivity index is 2.31. The molecule has 0 aliphatic rings. The molecule has 0 aliphatic heterocycles. The van der Waals surface area contributed by atoms with Crippen LogP contribution in [-0.2, 0) is 27.9 Å². The molecule has 1 N–H and O–H groups in total.